The highest BCUT2D eigenvalue weighted by atomic mass is 19.1. The molecule has 1 rings (SSSR count). The molecule has 0 aliphatic carbocycles. The van der Waals surface area contributed by atoms with Crippen LogP contribution in [0, 0.1) is 11.6 Å². The van der Waals surface area contributed by atoms with Crippen LogP contribution in [-0.2, 0) is 0 Å². The van der Waals surface area contributed by atoms with Crippen molar-refractivity contribution in [2.45, 2.75) is 32.2 Å². The molecule has 1 unspecified atom stereocenters. The number of hydrazine groups is 1. The molecule has 0 aliphatic heterocycles. The molecule has 0 radical (unpaired) electrons. The molecule has 1 atom stereocenters. The minimum Gasteiger partial charge on any atom is -0.271 e. The molecule has 0 heterocycles. The van der Waals surface area contributed by atoms with Crippen LogP contribution in [0.3, 0.4) is 0 Å². The maximum absolute atomic E-state index is 13.4. The molecule has 84 valence electrons. The molecule has 1 aromatic carbocycles. The van der Waals surface area contributed by atoms with Gasteiger partial charge in [0.2, 0.25) is 0 Å². The monoisotopic (exact) mass is 214 g/mol. The highest BCUT2D eigenvalue weighted by Crippen LogP contribution is 2.22. The lowest BCUT2D eigenvalue weighted by atomic mass is 10.0. The van der Waals surface area contributed by atoms with Crippen molar-refractivity contribution in [3.05, 3.63) is 35.4 Å². The summed E-state index contributed by atoms with van der Waals surface area (Å²) in [6.07, 6.45) is 2.62. The lowest BCUT2D eigenvalue weighted by Gasteiger charge is -2.16. The predicted octanol–water partition coefficient (Wildman–Crippen LogP) is 2.66. The van der Waals surface area contributed by atoms with Gasteiger partial charge in [0.15, 0.2) is 0 Å². The van der Waals surface area contributed by atoms with E-state index in [1.54, 1.807) is 0 Å². The Labute approximate surface area is 88.4 Å². The van der Waals surface area contributed by atoms with Gasteiger partial charge in [-0.25, -0.2) is 8.78 Å². The second-order valence-electron chi connectivity index (χ2n) is 3.53. The van der Waals surface area contributed by atoms with Crippen molar-refractivity contribution in [3.8, 4) is 0 Å². The number of hydrogen-bond acceptors (Lipinski definition) is 2. The summed E-state index contributed by atoms with van der Waals surface area (Å²) >= 11 is 0. The van der Waals surface area contributed by atoms with Crippen LogP contribution in [0.1, 0.15) is 37.8 Å². The van der Waals surface area contributed by atoms with E-state index in [0.29, 0.717) is 12.0 Å². The second kappa shape index (κ2) is 5.78. The quantitative estimate of drug-likeness (QED) is 0.584. The summed E-state index contributed by atoms with van der Waals surface area (Å²) in [5, 5.41) is 0. The normalized spacial score (nSPS) is 12.8. The Bertz CT molecular complexity index is 315. The van der Waals surface area contributed by atoms with Gasteiger partial charge in [0.1, 0.15) is 11.6 Å². The molecule has 4 heteroatoms. The van der Waals surface area contributed by atoms with Crippen LogP contribution >= 0.6 is 0 Å². The van der Waals surface area contributed by atoms with Crippen molar-refractivity contribution < 1.29 is 8.78 Å². The van der Waals surface area contributed by atoms with E-state index in [2.05, 4.69) is 5.43 Å². The lowest BCUT2D eigenvalue weighted by molar-refractivity contribution is 0.465. The minimum absolute atomic E-state index is 0.297. The third-order valence-corrected chi connectivity index (χ3v) is 2.38. The number of unbranched alkanes of at least 4 members (excludes halogenated alkanes) is 1. The number of nitrogens with two attached hydrogens (primary N) is 1. The average molecular weight is 214 g/mol. The van der Waals surface area contributed by atoms with Gasteiger partial charge in [-0.3, -0.25) is 11.3 Å². The molecule has 1 aromatic rings. The van der Waals surface area contributed by atoms with Gasteiger partial charge in [-0.1, -0.05) is 19.8 Å². The molecule has 0 fully saturated rings. The van der Waals surface area contributed by atoms with Crippen molar-refractivity contribution in [3.63, 3.8) is 0 Å². The van der Waals surface area contributed by atoms with E-state index in [9.17, 15) is 8.78 Å². The minimum atomic E-state index is -0.442. The first-order valence-corrected chi connectivity index (χ1v) is 5.10. The Hall–Kier alpha value is -1.00. The third kappa shape index (κ3) is 3.25. The fourth-order valence-corrected chi connectivity index (χ4v) is 1.52. The third-order valence-electron chi connectivity index (χ3n) is 2.38. The first kappa shape index (κ1) is 12.1. The summed E-state index contributed by atoms with van der Waals surface area (Å²) < 4.78 is 26.3. The van der Waals surface area contributed by atoms with E-state index < -0.39 is 11.6 Å². The Kier molecular flexibility index (Phi) is 4.65. The summed E-state index contributed by atoms with van der Waals surface area (Å²) in [4.78, 5) is 0. The van der Waals surface area contributed by atoms with Crippen molar-refractivity contribution in [2.24, 2.45) is 5.84 Å². The van der Waals surface area contributed by atoms with Crippen LogP contribution in [-0.4, -0.2) is 0 Å². The molecule has 0 aromatic heterocycles. The van der Waals surface area contributed by atoms with Crippen LogP contribution < -0.4 is 11.3 Å². The van der Waals surface area contributed by atoms with Crippen molar-refractivity contribution in [2.75, 3.05) is 0 Å². The van der Waals surface area contributed by atoms with Gasteiger partial charge in [0.05, 0.1) is 0 Å². The molecule has 0 spiro atoms. The number of hydrogen-bond donors (Lipinski definition) is 2. The summed E-state index contributed by atoms with van der Waals surface area (Å²) in [7, 11) is 0. The molecule has 0 saturated carbocycles. The summed E-state index contributed by atoms with van der Waals surface area (Å²) in [6.45, 7) is 2.04. The topological polar surface area (TPSA) is 38.0 Å². The van der Waals surface area contributed by atoms with Crippen LogP contribution in [0.5, 0.6) is 0 Å². The van der Waals surface area contributed by atoms with Crippen molar-refractivity contribution in [1.82, 2.24) is 5.43 Å². The van der Waals surface area contributed by atoms with Gasteiger partial charge in [-0.05, 0) is 24.6 Å². The molecule has 0 amide bonds. The van der Waals surface area contributed by atoms with E-state index in [1.165, 1.54) is 6.07 Å². The van der Waals surface area contributed by atoms with Gasteiger partial charge in [-0.15, -0.1) is 0 Å². The van der Waals surface area contributed by atoms with Crippen LogP contribution in [0.4, 0.5) is 8.78 Å². The van der Waals surface area contributed by atoms with E-state index in [1.807, 2.05) is 6.92 Å². The predicted molar refractivity (Wildman–Crippen MR) is 55.9 cm³/mol. The lowest BCUT2D eigenvalue weighted by Crippen LogP contribution is -2.28. The van der Waals surface area contributed by atoms with Gasteiger partial charge in [0.25, 0.3) is 0 Å². The second-order valence-corrected chi connectivity index (χ2v) is 3.53. The van der Waals surface area contributed by atoms with E-state index in [4.69, 9.17) is 5.84 Å². The smallest absolute Gasteiger partial charge is 0.128 e. The highest BCUT2D eigenvalue weighted by molar-refractivity contribution is 5.22. The highest BCUT2D eigenvalue weighted by Gasteiger charge is 2.14. The molecule has 0 bridgehead atoms. The zero-order valence-electron chi connectivity index (χ0n) is 8.76. The molecule has 0 aliphatic rings. The van der Waals surface area contributed by atoms with E-state index >= 15 is 0 Å². The van der Waals surface area contributed by atoms with Crippen molar-refractivity contribution >= 4 is 0 Å². The van der Waals surface area contributed by atoms with Gasteiger partial charge >= 0.3 is 0 Å². The fraction of sp³-hybridized carbons (Fsp3) is 0.455. The summed E-state index contributed by atoms with van der Waals surface area (Å²) in [5.74, 6) is 4.46. The SMILES string of the molecule is CCCCC(NN)c1cc(F)ccc1F. The standard InChI is InChI=1S/C11H16F2N2/c1-2-3-4-11(15-14)9-7-8(12)5-6-10(9)13/h5-7,11,15H,2-4,14H2,1H3. The van der Waals surface area contributed by atoms with Gasteiger partial charge in [-0.2, -0.15) is 0 Å². The number of benzene rings is 1. The molecular weight excluding hydrogens is 198 g/mol. The largest absolute Gasteiger partial charge is 0.271 e. The zero-order valence-corrected chi connectivity index (χ0v) is 8.76. The van der Waals surface area contributed by atoms with Crippen molar-refractivity contribution in [1.29, 1.82) is 0 Å². The maximum atomic E-state index is 13.4. The maximum Gasteiger partial charge on any atom is 0.128 e. The Balaban J connectivity index is 2.85. The van der Waals surface area contributed by atoms with E-state index in [0.717, 1.165) is 25.0 Å². The van der Waals surface area contributed by atoms with Gasteiger partial charge in [0, 0.05) is 11.6 Å². The number of halogens is 2. The Morgan fingerprint density at radius 1 is 1.40 bits per heavy atom. The first-order valence-electron chi connectivity index (χ1n) is 5.10. The van der Waals surface area contributed by atoms with Crippen LogP contribution in [0.2, 0.25) is 0 Å². The molecule has 2 nitrogen and oxygen atoms in total. The van der Waals surface area contributed by atoms with Crippen LogP contribution in [0.15, 0.2) is 18.2 Å². The molecule has 3 N–H and O–H groups in total. The van der Waals surface area contributed by atoms with E-state index in [-0.39, 0.29) is 6.04 Å². The van der Waals surface area contributed by atoms with Crippen LogP contribution in [0.25, 0.3) is 0 Å². The molecule has 0 saturated heterocycles. The molecular formula is C11H16F2N2. The zero-order chi connectivity index (χ0) is 11.3. The summed E-state index contributed by atoms with van der Waals surface area (Å²) in [5.41, 5.74) is 2.81. The Morgan fingerprint density at radius 2 is 2.13 bits per heavy atom. The average Bonchev–Trinajstić information content (AvgIpc) is 2.24. The number of nitrogens with one attached hydrogen (secondary N) is 1. The fourth-order valence-electron chi connectivity index (χ4n) is 1.52. The first-order chi connectivity index (χ1) is 7.19. The Morgan fingerprint density at radius 3 is 2.73 bits per heavy atom. The summed E-state index contributed by atoms with van der Waals surface area (Å²) in [6, 6.07) is 3.10. The molecule has 15 heavy (non-hydrogen) atoms. The number of rotatable bonds is 5. The van der Waals surface area contributed by atoms with Gasteiger partial charge < -0.3 is 0 Å².